The summed E-state index contributed by atoms with van der Waals surface area (Å²) in [5.41, 5.74) is 5.88. The largest absolute Gasteiger partial charge is 0.352 e. The molecule has 0 fully saturated rings. The van der Waals surface area contributed by atoms with E-state index in [1.807, 2.05) is 25.6 Å². The van der Waals surface area contributed by atoms with Gasteiger partial charge in [0.2, 0.25) is 5.91 Å². The zero-order chi connectivity index (χ0) is 18.8. The number of amides is 2. The van der Waals surface area contributed by atoms with Crippen LogP contribution >= 0.6 is 0 Å². The molecule has 1 N–H and O–H groups in total. The predicted octanol–water partition coefficient (Wildman–Crippen LogP) is 1.31. The van der Waals surface area contributed by atoms with Gasteiger partial charge in [0.15, 0.2) is 0 Å². The van der Waals surface area contributed by atoms with E-state index in [9.17, 15) is 9.59 Å². The number of rotatable bonds is 4. The Bertz CT molecular complexity index is 856. The number of nitrogens with one attached hydrogen (secondary N) is 1. The maximum absolute atomic E-state index is 12.6. The molecule has 0 bridgehead atoms. The van der Waals surface area contributed by atoms with Gasteiger partial charge in [0.1, 0.15) is 0 Å². The molecule has 1 aliphatic rings. The summed E-state index contributed by atoms with van der Waals surface area (Å²) in [7, 11) is 1.93. The highest BCUT2D eigenvalue weighted by atomic mass is 16.2. The summed E-state index contributed by atoms with van der Waals surface area (Å²) in [4.78, 5) is 30.2. The molecule has 7 nitrogen and oxygen atoms in total. The molecule has 0 aliphatic carbocycles. The average Bonchev–Trinajstić information content (AvgIpc) is 2.86. The van der Waals surface area contributed by atoms with Gasteiger partial charge in [0.25, 0.3) is 5.91 Å². The molecule has 3 rings (SSSR count). The Kier molecular flexibility index (Phi) is 5.06. The molecule has 1 aliphatic heterocycles. The van der Waals surface area contributed by atoms with Crippen LogP contribution in [0.2, 0.25) is 0 Å². The Balaban J connectivity index is 1.67. The first-order valence-electron chi connectivity index (χ1n) is 8.87. The molecular weight excluding hydrogens is 330 g/mol. The molecular formula is C19H25N5O2. The van der Waals surface area contributed by atoms with Crippen molar-refractivity contribution < 1.29 is 9.59 Å². The quantitative estimate of drug-likeness (QED) is 0.897. The summed E-state index contributed by atoms with van der Waals surface area (Å²) in [5.74, 6) is -0.0578. The van der Waals surface area contributed by atoms with Crippen LogP contribution in [0.1, 0.15) is 45.4 Å². The lowest BCUT2D eigenvalue weighted by molar-refractivity contribution is -0.129. The Morgan fingerprint density at radius 1 is 1.27 bits per heavy atom. The minimum Gasteiger partial charge on any atom is -0.352 e. The zero-order valence-electron chi connectivity index (χ0n) is 15.8. The van der Waals surface area contributed by atoms with E-state index in [4.69, 9.17) is 0 Å². The SMILES string of the molecule is CC(=O)N1CCc2c(cncc2C(=O)NCCc2c(C)nn(C)c2C)C1. The lowest BCUT2D eigenvalue weighted by Gasteiger charge is -2.28. The first kappa shape index (κ1) is 18.1. The normalized spacial score (nSPS) is 13.5. The maximum atomic E-state index is 12.6. The maximum Gasteiger partial charge on any atom is 0.253 e. The van der Waals surface area contributed by atoms with Crippen LogP contribution in [0.25, 0.3) is 0 Å². The molecule has 0 spiro atoms. The number of hydrogen-bond acceptors (Lipinski definition) is 4. The van der Waals surface area contributed by atoms with E-state index in [-0.39, 0.29) is 11.8 Å². The second-order valence-corrected chi connectivity index (χ2v) is 6.79. The molecule has 7 heteroatoms. The third kappa shape index (κ3) is 3.47. The zero-order valence-corrected chi connectivity index (χ0v) is 15.8. The van der Waals surface area contributed by atoms with E-state index >= 15 is 0 Å². The van der Waals surface area contributed by atoms with E-state index in [0.29, 0.717) is 31.6 Å². The minimum atomic E-state index is -0.107. The van der Waals surface area contributed by atoms with Gasteiger partial charge >= 0.3 is 0 Å². The van der Waals surface area contributed by atoms with Crippen LogP contribution in [0, 0.1) is 13.8 Å². The Hall–Kier alpha value is -2.70. The van der Waals surface area contributed by atoms with Gasteiger partial charge < -0.3 is 10.2 Å². The van der Waals surface area contributed by atoms with Crippen LogP contribution in [-0.2, 0) is 31.2 Å². The number of nitrogens with zero attached hydrogens (tertiary/aromatic N) is 4. The van der Waals surface area contributed by atoms with Crippen molar-refractivity contribution in [2.24, 2.45) is 7.05 Å². The number of pyridine rings is 1. The van der Waals surface area contributed by atoms with E-state index < -0.39 is 0 Å². The lowest BCUT2D eigenvalue weighted by atomic mass is 9.96. The first-order valence-corrected chi connectivity index (χ1v) is 8.87. The molecule has 26 heavy (non-hydrogen) atoms. The minimum absolute atomic E-state index is 0.0488. The number of carbonyl (C=O) groups is 2. The molecule has 0 aromatic carbocycles. The summed E-state index contributed by atoms with van der Waals surface area (Å²) in [5, 5.41) is 7.41. The summed E-state index contributed by atoms with van der Waals surface area (Å²) in [6.07, 6.45) is 4.81. The fourth-order valence-corrected chi connectivity index (χ4v) is 3.53. The second-order valence-electron chi connectivity index (χ2n) is 6.79. The van der Waals surface area contributed by atoms with Crippen molar-refractivity contribution in [2.75, 3.05) is 13.1 Å². The van der Waals surface area contributed by atoms with Crippen molar-refractivity contribution in [1.82, 2.24) is 25.0 Å². The van der Waals surface area contributed by atoms with Crippen molar-refractivity contribution in [2.45, 2.75) is 40.2 Å². The van der Waals surface area contributed by atoms with Crippen molar-refractivity contribution in [3.8, 4) is 0 Å². The molecule has 0 unspecified atom stereocenters. The molecule has 3 heterocycles. The third-order valence-corrected chi connectivity index (χ3v) is 5.15. The van der Waals surface area contributed by atoms with Crippen molar-refractivity contribution in [3.05, 3.63) is 46.0 Å². The van der Waals surface area contributed by atoms with E-state index in [1.54, 1.807) is 24.2 Å². The summed E-state index contributed by atoms with van der Waals surface area (Å²) in [6.45, 7) is 7.30. The molecule has 2 aromatic rings. The van der Waals surface area contributed by atoms with Crippen LogP contribution in [0.15, 0.2) is 12.4 Å². The Morgan fingerprint density at radius 2 is 2.04 bits per heavy atom. The van der Waals surface area contributed by atoms with E-state index in [0.717, 1.165) is 28.9 Å². The fourth-order valence-electron chi connectivity index (χ4n) is 3.53. The highest BCUT2D eigenvalue weighted by Crippen LogP contribution is 2.21. The highest BCUT2D eigenvalue weighted by Gasteiger charge is 2.23. The van der Waals surface area contributed by atoms with Crippen LogP contribution in [-0.4, -0.2) is 44.6 Å². The predicted molar refractivity (Wildman–Crippen MR) is 97.8 cm³/mol. The molecule has 0 radical (unpaired) electrons. The first-order chi connectivity index (χ1) is 12.4. The number of hydrogen-bond donors (Lipinski definition) is 1. The van der Waals surface area contributed by atoms with Crippen LogP contribution in [0.4, 0.5) is 0 Å². The number of fused-ring (bicyclic) bond motifs is 1. The van der Waals surface area contributed by atoms with E-state index in [1.165, 1.54) is 5.56 Å². The third-order valence-electron chi connectivity index (χ3n) is 5.15. The molecule has 0 atom stereocenters. The topological polar surface area (TPSA) is 80.1 Å². The van der Waals surface area contributed by atoms with Gasteiger partial charge in [-0.05, 0) is 43.4 Å². The lowest BCUT2D eigenvalue weighted by Crippen LogP contribution is -2.36. The van der Waals surface area contributed by atoms with Gasteiger partial charge in [-0.3, -0.25) is 19.3 Å². The smallest absolute Gasteiger partial charge is 0.253 e. The number of aromatic nitrogens is 3. The van der Waals surface area contributed by atoms with E-state index in [2.05, 4.69) is 15.4 Å². The molecule has 0 saturated heterocycles. The average molecular weight is 355 g/mol. The van der Waals surface area contributed by atoms with Gasteiger partial charge in [-0.2, -0.15) is 5.10 Å². The molecule has 0 saturated carbocycles. The van der Waals surface area contributed by atoms with Gasteiger partial charge in [-0.1, -0.05) is 0 Å². The van der Waals surface area contributed by atoms with Crippen molar-refractivity contribution in [1.29, 1.82) is 0 Å². The van der Waals surface area contributed by atoms with Gasteiger partial charge in [-0.15, -0.1) is 0 Å². The standard InChI is InChI=1S/C19H25N5O2/c1-12-16(13(2)23(4)22-12)5-7-21-19(26)18-10-20-9-15-11-24(14(3)25)8-6-17(15)18/h9-10H,5-8,11H2,1-4H3,(H,21,26). The second kappa shape index (κ2) is 7.27. The Morgan fingerprint density at radius 3 is 2.69 bits per heavy atom. The van der Waals surface area contributed by atoms with Gasteiger partial charge in [-0.25, -0.2) is 0 Å². The molecule has 2 aromatic heterocycles. The number of carbonyl (C=O) groups excluding carboxylic acids is 2. The van der Waals surface area contributed by atoms with Gasteiger partial charge in [0, 0.05) is 51.7 Å². The summed E-state index contributed by atoms with van der Waals surface area (Å²) < 4.78 is 1.87. The Labute approximate surface area is 153 Å². The van der Waals surface area contributed by atoms with Crippen LogP contribution in [0.5, 0.6) is 0 Å². The van der Waals surface area contributed by atoms with Gasteiger partial charge in [0.05, 0.1) is 11.3 Å². The van der Waals surface area contributed by atoms with Crippen molar-refractivity contribution >= 4 is 11.8 Å². The fraction of sp³-hybridized carbons (Fsp3) is 0.474. The molecule has 138 valence electrons. The van der Waals surface area contributed by atoms with Crippen LogP contribution < -0.4 is 5.32 Å². The molecule has 2 amide bonds. The monoisotopic (exact) mass is 355 g/mol. The highest BCUT2D eigenvalue weighted by molar-refractivity contribution is 5.95. The van der Waals surface area contributed by atoms with Crippen LogP contribution in [0.3, 0.4) is 0 Å². The number of aryl methyl sites for hydroxylation is 2. The summed E-state index contributed by atoms with van der Waals surface area (Å²) >= 11 is 0. The van der Waals surface area contributed by atoms with Crippen molar-refractivity contribution in [3.63, 3.8) is 0 Å². The summed E-state index contributed by atoms with van der Waals surface area (Å²) in [6, 6.07) is 0.